The number of anilines is 2. The Kier molecular flexibility index (Phi) is 16.7. The van der Waals surface area contributed by atoms with E-state index in [2.05, 4.69) is 30.3 Å². The molecule has 2 saturated heterocycles. The van der Waals surface area contributed by atoms with Crippen LogP contribution in [0.1, 0.15) is 66.7 Å². The number of rotatable bonds is 9. The highest BCUT2D eigenvalue weighted by molar-refractivity contribution is 6.44. The smallest absolute Gasteiger partial charge is 0.410 e. The molecule has 2 aromatic carbocycles. The van der Waals surface area contributed by atoms with Gasteiger partial charge in [-0.2, -0.15) is 10.2 Å². The minimum atomic E-state index is -0.658. The van der Waals surface area contributed by atoms with Crippen LogP contribution in [0.3, 0.4) is 0 Å². The molecule has 4 heterocycles. The topological polar surface area (TPSA) is 185 Å². The number of nitrogens with zero attached hydrogens (tertiary/aromatic N) is 9. The monoisotopic (exact) mass is 986 g/mol. The molecule has 66 heavy (non-hydrogen) atoms. The summed E-state index contributed by atoms with van der Waals surface area (Å²) < 4.78 is 9.17. The molecule has 7 rings (SSSR count). The lowest BCUT2D eigenvalue weighted by Crippen LogP contribution is -2.56. The third-order valence-electron chi connectivity index (χ3n) is 12.1. The van der Waals surface area contributed by atoms with E-state index in [1.54, 1.807) is 21.9 Å². The van der Waals surface area contributed by atoms with Gasteiger partial charge in [0.25, 0.3) is 0 Å². The summed E-state index contributed by atoms with van der Waals surface area (Å²) in [5, 5.41) is 14.0. The molecule has 5 N–H and O–H groups in total. The van der Waals surface area contributed by atoms with Gasteiger partial charge in [0, 0.05) is 88.7 Å². The molecular formula is C46H62Cl4N12O4. The number of benzene rings is 2. The number of piperazine rings is 2. The summed E-state index contributed by atoms with van der Waals surface area (Å²) in [6.45, 7) is 13.3. The van der Waals surface area contributed by atoms with Crippen LogP contribution < -0.4 is 26.6 Å². The number of hydrogen-bond acceptors (Lipinski definition) is 9. The molecule has 0 bridgehead atoms. The second-order valence-electron chi connectivity index (χ2n) is 18.2. The zero-order valence-corrected chi connectivity index (χ0v) is 41.8. The number of aromatic nitrogens is 4. The SMILES string of the molecule is C[C@H]1CN(c2cc(-c3cccc(Cl)c3Cl)nn2C)CCN1C(=O)CNC(=O)[C@H](N=C(N)N)C1CCCCC1.C[C@H]1CN(c2cc(-c3cccc(Cl)c3Cl)nn2C)CCN1C(=O)OC(C)(C)C. The molecule has 20 heteroatoms. The van der Waals surface area contributed by atoms with Gasteiger partial charge in [-0.1, -0.05) is 89.9 Å². The lowest BCUT2D eigenvalue weighted by Gasteiger charge is -2.40. The molecule has 2 aromatic heterocycles. The van der Waals surface area contributed by atoms with E-state index in [-0.39, 0.29) is 48.4 Å². The summed E-state index contributed by atoms with van der Waals surface area (Å²) in [7, 11) is 3.79. The van der Waals surface area contributed by atoms with Crippen molar-refractivity contribution in [1.82, 2.24) is 34.7 Å². The largest absolute Gasteiger partial charge is 0.444 e. The molecule has 16 nitrogen and oxygen atoms in total. The lowest BCUT2D eigenvalue weighted by atomic mass is 9.83. The van der Waals surface area contributed by atoms with Crippen molar-refractivity contribution in [2.75, 3.05) is 55.6 Å². The number of hydrogen-bond donors (Lipinski definition) is 3. The molecule has 2 aliphatic heterocycles. The van der Waals surface area contributed by atoms with Gasteiger partial charge in [-0.3, -0.25) is 19.0 Å². The van der Waals surface area contributed by atoms with E-state index in [4.69, 9.17) is 62.6 Å². The first kappa shape index (κ1) is 50.5. The van der Waals surface area contributed by atoms with Gasteiger partial charge in [0.2, 0.25) is 11.8 Å². The number of carbonyl (C=O) groups is 3. The maximum absolute atomic E-state index is 13.1. The van der Waals surface area contributed by atoms with Crippen molar-refractivity contribution >= 4 is 81.9 Å². The third kappa shape index (κ3) is 12.3. The number of aliphatic imine (C=N–C) groups is 1. The molecule has 1 saturated carbocycles. The summed E-state index contributed by atoms with van der Waals surface area (Å²) >= 11 is 25.1. The van der Waals surface area contributed by atoms with Gasteiger partial charge in [-0.25, -0.2) is 9.79 Å². The van der Waals surface area contributed by atoms with Crippen molar-refractivity contribution in [3.63, 3.8) is 0 Å². The van der Waals surface area contributed by atoms with Crippen molar-refractivity contribution in [1.29, 1.82) is 0 Å². The zero-order chi connectivity index (χ0) is 48.0. The van der Waals surface area contributed by atoms with Crippen molar-refractivity contribution in [3.8, 4) is 22.5 Å². The zero-order valence-electron chi connectivity index (χ0n) is 38.7. The van der Waals surface area contributed by atoms with Gasteiger partial charge in [-0.15, -0.1) is 0 Å². The van der Waals surface area contributed by atoms with E-state index in [0.29, 0.717) is 59.4 Å². The number of aryl methyl sites for hydroxylation is 2. The van der Waals surface area contributed by atoms with Crippen LogP contribution in [0, 0.1) is 5.92 Å². The molecular weight excluding hydrogens is 926 g/mol. The highest BCUT2D eigenvalue weighted by atomic mass is 35.5. The molecule has 4 aromatic rings. The van der Waals surface area contributed by atoms with E-state index in [1.807, 2.05) is 94.5 Å². The van der Waals surface area contributed by atoms with E-state index >= 15 is 0 Å². The second-order valence-corrected chi connectivity index (χ2v) is 19.8. The highest BCUT2D eigenvalue weighted by Crippen LogP contribution is 2.36. The molecule has 3 fully saturated rings. The minimum absolute atomic E-state index is 0.0247. The van der Waals surface area contributed by atoms with Crippen LogP contribution in [0.2, 0.25) is 20.1 Å². The van der Waals surface area contributed by atoms with Crippen LogP contribution in [-0.2, 0) is 28.4 Å². The van der Waals surface area contributed by atoms with Crippen LogP contribution in [0.4, 0.5) is 16.4 Å². The van der Waals surface area contributed by atoms with Gasteiger partial charge in [-0.05, 0) is 65.5 Å². The van der Waals surface area contributed by atoms with Gasteiger partial charge < -0.3 is 41.1 Å². The van der Waals surface area contributed by atoms with E-state index in [1.165, 1.54) is 0 Å². The number of carbonyl (C=O) groups excluding carboxylic acids is 3. The Morgan fingerprint density at radius 2 is 1.26 bits per heavy atom. The maximum Gasteiger partial charge on any atom is 0.410 e. The maximum atomic E-state index is 13.1. The molecule has 3 amide bonds. The number of guanidine groups is 1. The van der Waals surface area contributed by atoms with Crippen molar-refractivity contribution in [2.24, 2.45) is 36.5 Å². The quantitative estimate of drug-likeness (QED) is 0.111. The van der Waals surface area contributed by atoms with Crippen molar-refractivity contribution < 1.29 is 19.1 Å². The summed E-state index contributed by atoms with van der Waals surface area (Å²) in [5.41, 5.74) is 13.8. The average Bonchev–Trinajstić information content (AvgIpc) is 3.85. The van der Waals surface area contributed by atoms with Gasteiger partial charge >= 0.3 is 6.09 Å². The lowest BCUT2D eigenvalue weighted by molar-refractivity contribution is -0.135. The molecule has 3 aliphatic rings. The van der Waals surface area contributed by atoms with E-state index in [9.17, 15) is 14.4 Å². The standard InChI is InChI=1S/C26H36Cl2N8O2.C20H26Cl2N4O2/c1-16-15-35(21-13-20(33-34(21)2)18-9-6-10-19(27)23(18)28)11-12-36(16)22(37)14-31-25(38)24(32-26(29)30)17-7-4-3-5-8-17;1-13-12-25(9-10-26(13)19(27)28-20(2,3)4)17-11-16(23-24(17)5)14-7-6-8-15(21)18(14)22/h6,9-10,13,16-17,24H,3-5,7-8,11-12,14-15H2,1-2H3,(H,31,38)(H4,29,30,32);6-8,11,13H,9-10,12H2,1-5H3/t16-,24+;13-/m00/s1. The Labute approximate surface area is 407 Å². The molecule has 0 unspecified atom stereocenters. The summed E-state index contributed by atoms with van der Waals surface area (Å²) in [4.78, 5) is 50.7. The Hall–Kier alpha value is -4.90. The van der Waals surface area contributed by atoms with Crippen LogP contribution in [-0.4, -0.2) is 123 Å². The predicted octanol–water partition coefficient (Wildman–Crippen LogP) is 7.61. The average molecular weight is 989 g/mol. The van der Waals surface area contributed by atoms with Gasteiger partial charge in [0.05, 0.1) is 38.0 Å². The van der Waals surface area contributed by atoms with Crippen LogP contribution >= 0.6 is 46.4 Å². The Morgan fingerprint density at radius 3 is 1.71 bits per heavy atom. The number of nitrogens with one attached hydrogen (secondary N) is 1. The number of halogens is 4. The van der Waals surface area contributed by atoms with E-state index < -0.39 is 11.6 Å². The van der Waals surface area contributed by atoms with Crippen molar-refractivity contribution in [3.05, 3.63) is 68.6 Å². The molecule has 0 spiro atoms. The molecule has 1 aliphatic carbocycles. The van der Waals surface area contributed by atoms with Crippen molar-refractivity contribution in [2.45, 2.75) is 90.4 Å². The van der Waals surface area contributed by atoms with E-state index in [0.717, 1.165) is 66.3 Å². The fourth-order valence-electron chi connectivity index (χ4n) is 8.82. The highest BCUT2D eigenvalue weighted by Gasteiger charge is 2.34. The Balaban J connectivity index is 0.000000229. The molecule has 3 atom stereocenters. The Morgan fingerprint density at radius 1 is 0.773 bits per heavy atom. The van der Waals surface area contributed by atoms with Crippen LogP contribution in [0.25, 0.3) is 22.5 Å². The van der Waals surface area contributed by atoms with Crippen LogP contribution in [0.5, 0.6) is 0 Å². The normalized spacial score (nSPS) is 18.6. The first-order valence-electron chi connectivity index (χ1n) is 22.3. The van der Waals surface area contributed by atoms with Gasteiger partial charge in [0.1, 0.15) is 23.3 Å². The first-order chi connectivity index (χ1) is 31.2. The first-order valence-corrected chi connectivity index (χ1v) is 23.9. The second kappa shape index (κ2) is 21.8. The Bertz CT molecular complexity index is 2390. The predicted molar refractivity (Wildman–Crippen MR) is 265 cm³/mol. The molecule has 0 radical (unpaired) electrons. The fourth-order valence-corrected chi connectivity index (χ4v) is 9.62. The fraction of sp³-hybridized carbons (Fsp3) is 0.522. The summed E-state index contributed by atoms with van der Waals surface area (Å²) in [6, 6.07) is 14.3. The van der Waals surface area contributed by atoms with Crippen LogP contribution in [0.15, 0.2) is 53.5 Å². The number of amides is 3. The summed E-state index contributed by atoms with van der Waals surface area (Å²) in [6.07, 6.45) is 4.81. The van der Waals surface area contributed by atoms with Gasteiger partial charge in [0.15, 0.2) is 5.96 Å². The number of ether oxygens (including phenoxy) is 1. The molecule has 358 valence electrons. The summed E-state index contributed by atoms with van der Waals surface area (Å²) in [5.74, 6) is 1.45. The minimum Gasteiger partial charge on any atom is -0.444 e. The third-order valence-corrected chi connectivity index (χ3v) is 13.7. The number of nitrogens with two attached hydrogens (primary N) is 2.